The van der Waals surface area contributed by atoms with E-state index in [0.29, 0.717) is 0 Å². The molecule has 0 unspecified atom stereocenters. The maximum Gasteiger partial charge on any atom is 0.0597 e. The van der Waals surface area contributed by atoms with E-state index in [1.807, 2.05) is 0 Å². The van der Waals surface area contributed by atoms with Crippen molar-refractivity contribution < 1.29 is 0 Å². The summed E-state index contributed by atoms with van der Waals surface area (Å²) in [5.41, 5.74) is 1.10. The molecular weight excluding hydrogens is 194 g/mol. The number of hydrogen-bond acceptors (Lipinski definition) is 1. The average molecular weight is 213 g/mol. The van der Waals surface area contributed by atoms with E-state index in [-0.39, 0.29) is 11.0 Å². The molecule has 1 aliphatic rings. The van der Waals surface area contributed by atoms with Crippen molar-refractivity contribution in [3.63, 3.8) is 0 Å². The van der Waals surface area contributed by atoms with Crippen LogP contribution in [0.2, 0.25) is 0 Å². The number of hydrogen-bond donors (Lipinski definition) is 1. The zero-order chi connectivity index (χ0) is 11.6. The van der Waals surface area contributed by atoms with Crippen molar-refractivity contribution in [1.29, 1.82) is 0 Å². The fourth-order valence-electron chi connectivity index (χ4n) is 2.73. The van der Waals surface area contributed by atoms with E-state index < -0.39 is 0 Å². The summed E-state index contributed by atoms with van der Waals surface area (Å²) >= 11 is 0. The molecule has 1 fully saturated rings. The monoisotopic (exact) mass is 213 g/mol. The van der Waals surface area contributed by atoms with E-state index >= 15 is 0 Å². The van der Waals surface area contributed by atoms with Crippen LogP contribution in [0.4, 0.5) is 0 Å². The van der Waals surface area contributed by atoms with Gasteiger partial charge in [-0.1, -0.05) is 36.3 Å². The van der Waals surface area contributed by atoms with Crippen LogP contribution in [0.25, 0.3) is 0 Å². The maximum absolute atomic E-state index is 5.72. The van der Waals surface area contributed by atoms with E-state index in [4.69, 9.17) is 6.42 Å². The number of nitrogens with one attached hydrogen (secondary N) is 1. The Balaban J connectivity index is 2.50. The molecule has 0 spiro atoms. The Bertz CT molecular complexity index is 391. The number of benzene rings is 1. The van der Waals surface area contributed by atoms with E-state index in [0.717, 1.165) is 13.0 Å². The third-order valence-corrected chi connectivity index (χ3v) is 3.85. The lowest BCUT2D eigenvalue weighted by Gasteiger charge is -2.41. The van der Waals surface area contributed by atoms with Gasteiger partial charge < -0.3 is 5.32 Å². The lowest BCUT2D eigenvalue weighted by atomic mass is 9.68. The van der Waals surface area contributed by atoms with Crippen LogP contribution in [0, 0.1) is 17.8 Å². The minimum absolute atomic E-state index is 0.0526. The van der Waals surface area contributed by atoms with Gasteiger partial charge in [0.05, 0.1) is 5.54 Å². The van der Waals surface area contributed by atoms with Crippen LogP contribution in [0.15, 0.2) is 30.3 Å². The van der Waals surface area contributed by atoms with Gasteiger partial charge in [-0.05, 0) is 38.8 Å². The lowest BCUT2D eigenvalue weighted by Crippen LogP contribution is -2.48. The molecule has 0 amide bonds. The molecule has 0 bridgehead atoms. The van der Waals surface area contributed by atoms with E-state index in [2.05, 4.69) is 55.4 Å². The van der Waals surface area contributed by atoms with E-state index in [1.165, 1.54) is 12.0 Å². The quantitative estimate of drug-likeness (QED) is 0.745. The maximum atomic E-state index is 5.72. The Morgan fingerprint density at radius 2 is 2.00 bits per heavy atom. The summed E-state index contributed by atoms with van der Waals surface area (Å²) < 4.78 is 0. The van der Waals surface area contributed by atoms with Crippen molar-refractivity contribution in [2.75, 3.05) is 6.54 Å². The largest absolute Gasteiger partial charge is 0.306 e. The Hall–Kier alpha value is -1.26. The Labute approximate surface area is 98.3 Å². The molecule has 1 heterocycles. The minimum atomic E-state index is -0.162. The molecule has 1 aromatic carbocycles. The molecule has 1 atom stereocenters. The zero-order valence-corrected chi connectivity index (χ0v) is 10.1. The van der Waals surface area contributed by atoms with Gasteiger partial charge in [0.25, 0.3) is 0 Å². The molecule has 1 N–H and O–H groups in total. The molecule has 1 aliphatic heterocycles. The average Bonchev–Trinajstić information content (AvgIpc) is 2.81. The van der Waals surface area contributed by atoms with Gasteiger partial charge in [-0.15, -0.1) is 6.42 Å². The first-order valence-electron chi connectivity index (χ1n) is 5.91. The highest BCUT2D eigenvalue weighted by molar-refractivity contribution is 5.32. The molecular formula is C15H19N. The smallest absolute Gasteiger partial charge is 0.0597 e. The zero-order valence-electron chi connectivity index (χ0n) is 10.1. The summed E-state index contributed by atoms with van der Waals surface area (Å²) in [5.74, 6) is 2.96. The Kier molecular flexibility index (Phi) is 2.78. The van der Waals surface area contributed by atoms with Crippen molar-refractivity contribution in [1.82, 2.24) is 5.32 Å². The predicted octanol–water partition coefficient (Wildman–Crippen LogP) is 2.92. The molecule has 0 radical (unpaired) electrons. The molecule has 16 heavy (non-hydrogen) atoms. The summed E-state index contributed by atoms with van der Waals surface area (Å²) in [4.78, 5) is 0. The summed E-state index contributed by atoms with van der Waals surface area (Å²) in [5, 5.41) is 3.64. The second kappa shape index (κ2) is 3.96. The summed E-state index contributed by atoms with van der Waals surface area (Å²) in [6.07, 6.45) is 8.03. The van der Waals surface area contributed by atoms with Gasteiger partial charge in [-0.25, -0.2) is 0 Å². The number of terminal acetylenes is 1. The van der Waals surface area contributed by atoms with Crippen LogP contribution in [-0.2, 0) is 5.54 Å². The highest BCUT2D eigenvalue weighted by Gasteiger charge is 2.46. The van der Waals surface area contributed by atoms with Gasteiger partial charge in [0.1, 0.15) is 0 Å². The van der Waals surface area contributed by atoms with Crippen LogP contribution in [0.3, 0.4) is 0 Å². The van der Waals surface area contributed by atoms with Crippen molar-refractivity contribution in [2.45, 2.75) is 32.2 Å². The highest BCUT2D eigenvalue weighted by atomic mass is 15.0. The van der Waals surface area contributed by atoms with Gasteiger partial charge in [0.15, 0.2) is 0 Å². The molecule has 0 aliphatic carbocycles. The Morgan fingerprint density at radius 3 is 2.50 bits per heavy atom. The van der Waals surface area contributed by atoms with Crippen molar-refractivity contribution >= 4 is 0 Å². The second-order valence-electron chi connectivity index (χ2n) is 5.07. The van der Waals surface area contributed by atoms with Crippen molar-refractivity contribution in [3.8, 4) is 12.3 Å². The van der Waals surface area contributed by atoms with Crippen LogP contribution in [-0.4, -0.2) is 6.54 Å². The van der Waals surface area contributed by atoms with E-state index in [9.17, 15) is 0 Å². The molecule has 1 nitrogen and oxygen atoms in total. The van der Waals surface area contributed by atoms with Crippen LogP contribution < -0.4 is 5.32 Å². The molecule has 84 valence electrons. The van der Waals surface area contributed by atoms with Gasteiger partial charge in [0.2, 0.25) is 0 Å². The van der Waals surface area contributed by atoms with Crippen LogP contribution >= 0.6 is 0 Å². The normalized spacial score (nSPS) is 25.3. The van der Waals surface area contributed by atoms with E-state index in [1.54, 1.807) is 0 Å². The van der Waals surface area contributed by atoms with Crippen molar-refractivity contribution in [2.24, 2.45) is 5.41 Å². The third kappa shape index (κ3) is 1.54. The first-order chi connectivity index (χ1) is 7.62. The van der Waals surface area contributed by atoms with Gasteiger partial charge in [-0.3, -0.25) is 0 Å². The SMILES string of the molecule is C#CC(C)(C)[C@]1(c2ccccc2)CCCN1. The summed E-state index contributed by atoms with van der Waals surface area (Å²) in [6.45, 7) is 5.36. The first-order valence-corrected chi connectivity index (χ1v) is 5.91. The van der Waals surface area contributed by atoms with Crippen molar-refractivity contribution in [3.05, 3.63) is 35.9 Å². The van der Waals surface area contributed by atoms with Gasteiger partial charge >= 0.3 is 0 Å². The fraction of sp³-hybridized carbons (Fsp3) is 0.467. The fourth-order valence-corrected chi connectivity index (χ4v) is 2.73. The molecule has 2 rings (SSSR count). The molecule has 1 aromatic rings. The molecule has 1 heteroatoms. The third-order valence-electron chi connectivity index (χ3n) is 3.85. The van der Waals surface area contributed by atoms with Crippen LogP contribution in [0.5, 0.6) is 0 Å². The Morgan fingerprint density at radius 1 is 1.31 bits per heavy atom. The molecule has 1 saturated heterocycles. The van der Waals surface area contributed by atoms with Gasteiger partial charge in [-0.2, -0.15) is 0 Å². The standard InChI is InChI=1S/C15H19N/c1-4-14(2,3)15(11-8-12-16-15)13-9-6-5-7-10-13/h1,5-7,9-10,16H,8,11-12H2,2-3H3/t15-/m1/s1. The molecule has 0 aromatic heterocycles. The molecule has 0 saturated carbocycles. The summed E-state index contributed by atoms with van der Waals surface area (Å²) in [6, 6.07) is 10.6. The van der Waals surface area contributed by atoms with Crippen LogP contribution in [0.1, 0.15) is 32.3 Å². The highest BCUT2D eigenvalue weighted by Crippen LogP contribution is 2.45. The first kappa shape index (κ1) is 11.2. The predicted molar refractivity (Wildman–Crippen MR) is 68.0 cm³/mol. The second-order valence-corrected chi connectivity index (χ2v) is 5.07. The number of rotatable bonds is 2. The lowest BCUT2D eigenvalue weighted by molar-refractivity contribution is 0.206. The minimum Gasteiger partial charge on any atom is -0.306 e. The topological polar surface area (TPSA) is 12.0 Å². The summed E-state index contributed by atoms with van der Waals surface area (Å²) in [7, 11) is 0. The van der Waals surface area contributed by atoms with Gasteiger partial charge in [0, 0.05) is 5.41 Å².